The molecule has 104 valence electrons. The SMILES string of the molecule is CN(CCNC(C1CC1)C1CC1)Cc1cccnc1. The first kappa shape index (κ1) is 13.1. The summed E-state index contributed by atoms with van der Waals surface area (Å²) >= 11 is 0. The van der Waals surface area contributed by atoms with Crippen LogP contribution in [0.2, 0.25) is 0 Å². The number of aromatic nitrogens is 1. The highest BCUT2D eigenvalue weighted by atomic mass is 15.1. The molecule has 2 aliphatic carbocycles. The molecule has 19 heavy (non-hydrogen) atoms. The van der Waals surface area contributed by atoms with Crippen LogP contribution in [0.1, 0.15) is 31.2 Å². The van der Waals surface area contributed by atoms with Crippen molar-refractivity contribution in [2.75, 3.05) is 20.1 Å². The molecule has 2 fully saturated rings. The predicted molar refractivity (Wildman–Crippen MR) is 77.8 cm³/mol. The Kier molecular flexibility index (Phi) is 4.14. The molecule has 0 saturated heterocycles. The summed E-state index contributed by atoms with van der Waals surface area (Å²) in [6, 6.07) is 4.98. The van der Waals surface area contributed by atoms with Crippen molar-refractivity contribution in [1.29, 1.82) is 0 Å². The number of nitrogens with one attached hydrogen (secondary N) is 1. The van der Waals surface area contributed by atoms with Crippen LogP contribution >= 0.6 is 0 Å². The molecule has 1 heterocycles. The maximum Gasteiger partial charge on any atom is 0.0312 e. The average Bonchev–Trinajstić information content (AvgIpc) is 3.29. The lowest BCUT2D eigenvalue weighted by atomic mass is 10.1. The van der Waals surface area contributed by atoms with E-state index in [9.17, 15) is 0 Å². The lowest BCUT2D eigenvalue weighted by Gasteiger charge is -2.21. The van der Waals surface area contributed by atoms with Gasteiger partial charge in [0.1, 0.15) is 0 Å². The third-order valence-electron chi connectivity index (χ3n) is 4.31. The molecule has 0 radical (unpaired) electrons. The van der Waals surface area contributed by atoms with E-state index in [0.29, 0.717) is 0 Å². The van der Waals surface area contributed by atoms with Gasteiger partial charge in [-0.25, -0.2) is 0 Å². The number of hydrogen-bond donors (Lipinski definition) is 1. The van der Waals surface area contributed by atoms with Gasteiger partial charge in [0.2, 0.25) is 0 Å². The second kappa shape index (κ2) is 6.02. The van der Waals surface area contributed by atoms with E-state index in [0.717, 1.165) is 37.5 Å². The summed E-state index contributed by atoms with van der Waals surface area (Å²) in [7, 11) is 2.19. The highest BCUT2D eigenvalue weighted by Gasteiger charge is 2.40. The Morgan fingerprint density at radius 3 is 2.63 bits per heavy atom. The van der Waals surface area contributed by atoms with E-state index in [1.165, 1.54) is 31.2 Å². The first-order valence-corrected chi connectivity index (χ1v) is 7.64. The van der Waals surface area contributed by atoms with Crippen molar-refractivity contribution in [2.24, 2.45) is 11.8 Å². The molecular formula is C16H25N3. The van der Waals surface area contributed by atoms with Crippen molar-refractivity contribution in [3.63, 3.8) is 0 Å². The highest BCUT2D eigenvalue weighted by molar-refractivity contribution is 5.07. The van der Waals surface area contributed by atoms with Crippen molar-refractivity contribution < 1.29 is 0 Å². The topological polar surface area (TPSA) is 28.2 Å². The maximum atomic E-state index is 4.17. The van der Waals surface area contributed by atoms with Gasteiger partial charge in [0.25, 0.3) is 0 Å². The number of likely N-dealkylation sites (N-methyl/N-ethyl adjacent to an activating group) is 1. The predicted octanol–water partition coefficient (Wildman–Crippen LogP) is 2.29. The zero-order valence-electron chi connectivity index (χ0n) is 11.9. The molecular weight excluding hydrogens is 234 g/mol. The minimum atomic E-state index is 0.826. The lowest BCUT2D eigenvalue weighted by molar-refractivity contribution is 0.305. The van der Waals surface area contributed by atoms with Crippen LogP contribution in [0.4, 0.5) is 0 Å². The summed E-state index contributed by atoms with van der Waals surface area (Å²) in [5.41, 5.74) is 1.30. The number of rotatable bonds is 8. The van der Waals surface area contributed by atoms with Crippen LogP contribution < -0.4 is 5.32 Å². The lowest BCUT2D eigenvalue weighted by Crippen LogP contribution is -2.38. The molecule has 3 heteroatoms. The largest absolute Gasteiger partial charge is 0.312 e. The van der Waals surface area contributed by atoms with Gasteiger partial charge in [-0.2, -0.15) is 0 Å². The summed E-state index contributed by atoms with van der Waals surface area (Å²) in [6.45, 7) is 3.23. The molecule has 0 unspecified atom stereocenters. The van der Waals surface area contributed by atoms with Gasteiger partial charge in [0.15, 0.2) is 0 Å². The van der Waals surface area contributed by atoms with E-state index < -0.39 is 0 Å². The summed E-state index contributed by atoms with van der Waals surface area (Å²) in [4.78, 5) is 6.54. The monoisotopic (exact) mass is 259 g/mol. The zero-order chi connectivity index (χ0) is 13.1. The molecule has 2 aliphatic rings. The van der Waals surface area contributed by atoms with Crippen LogP contribution in [0.25, 0.3) is 0 Å². The third-order valence-corrected chi connectivity index (χ3v) is 4.31. The Bertz CT molecular complexity index is 372. The zero-order valence-corrected chi connectivity index (χ0v) is 11.9. The van der Waals surface area contributed by atoms with Gasteiger partial charge in [0, 0.05) is 38.1 Å². The fourth-order valence-corrected chi connectivity index (χ4v) is 2.93. The standard InChI is InChI=1S/C16H25N3/c1-19(12-13-3-2-8-17-11-13)10-9-18-16(14-4-5-14)15-6-7-15/h2-3,8,11,14-16,18H,4-7,9-10,12H2,1H3. The van der Waals surface area contributed by atoms with Crippen molar-refractivity contribution in [3.05, 3.63) is 30.1 Å². The average molecular weight is 259 g/mol. The van der Waals surface area contributed by atoms with Crippen molar-refractivity contribution in [2.45, 2.75) is 38.3 Å². The molecule has 0 aliphatic heterocycles. The Morgan fingerprint density at radius 2 is 2.05 bits per heavy atom. The second-order valence-corrected chi connectivity index (χ2v) is 6.25. The molecule has 1 aromatic heterocycles. The molecule has 1 aromatic rings. The van der Waals surface area contributed by atoms with Crippen molar-refractivity contribution in [1.82, 2.24) is 15.2 Å². The first-order chi connectivity index (χ1) is 9.33. The van der Waals surface area contributed by atoms with Crippen LogP contribution in [-0.4, -0.2) is 36.1 Å². The van der Waals surface area contributed by atoms with Crippen LogP contribution in [0, 0.1) is 11.8 Å². The van der Waals surface area contributed by atoms with Crippen LogP contribution in [-0.2, 0) is 6.54 Å². The van der Waals surface area contributed by atoms with Gasteiger partial charge in [0.05, 0.1) is 0 Å². The molecule has 0 amide bonds. The number of hydrogen-bond acceptors (Lipinski definition) is 3. The van der Waals surface area contributed by atoms with E-state index in [1.807, 2.05) is 18.5 Å². The Hall–Kier alpha value is -0.930. The van der Waals surface area contributed by atoms with Crippen LogP contribution in [0.3, 0.4) is 0 Å². The maximum absolute atomic E-state index is 4.17. The minimum absolute atomic E-state index is 0.826. The number of nitrogens with zero attached hydrogens (tertiary/aromatic N) is 2. The molecule has 0 atom stereocenters. The van der Waals surface area contributed by atoms with Crippen molar-refractivity contribution in [3.8, 4) is 0 Å². The number of pyridine rings is 1. The smallest absolute Gasteiger partial charge is 0.0312 e. The van der Waals surface area contributed by atoms with Crippen LogP contribution in [0.5, 0.6) is 0 Å². The summed E-state index contributed by atoms with van der Waals surface area (Å²) < 4.78 is 0. The van der Waals surface area contributed by atoms with Crippen molar-refractivity contribution >= 4 is 0 Å². The fourth-order valence-electron chi connectivity index (χ4n) is 2.93. The molecule has 1 N–H and O–H groups in total. The van der Waals surface area contributed by atoms with E-state index in [4.69, 9.17) is 0 Å². The summed E-state index contributed by atoms with van der Waals surface area (Å²) in [5, 5.41) is 3.80. The van der Waals surface area contributed by atoms with E-state index in [1.54, 1.807) is 0 Å². The highest BCUT2D eigenvalue weighted by Crippen LogP contribution is 2.44. The van der Waals surface area contributed by atoms with E-state index >= 15 is 0 Å². The summed E-state index contributed by atoms with van der Waals surface area (Å²) in [5.74, 6) is 1.99. The Labute approximate surface area is 116 Å². The fraction of sp³-hybridized carbons (Fsp3) is 0.688. The van der Waals surface area contributed by atoms with Gasteiger partial charge >= 0.3 is 0 Å². The molecule has 0 aromatic carbocycles. The molecule has 0 spiro atoms. The van der Waals surface area contributed by atoms with Gasteiger partial charge in [-0.15, -0.1) is 0 Å². The second-order valence-electron chi connectivity index (χ2n) is 6.25. The van der Waals surface area contributed by atoms with Gasteiger partial charge < -0.3 is 10.2 Å². The molecule has 3 nitrogen and oxygen atoms in total. The van der Waals surface area contributed by atoms with Gasteiger partial charge in [-0.3, -0.25) is 4.98 Å². The normalized spacial score (nSPS) is 19.3. The van der Waals surface area contributed by atoms with E-state index in [-0.39, 0.29) is 0 Å². The minimum Gasteiger partial charge on any atom is -0.312 e. The third kappa shape index (κ3) is 4.02. The van der Waals surface area contributed by atoms with Gasteiger partial charge in [-0.05, 0) is 56.2 Å². The Morgan fingerprint density at radius 1 is 1.32 bits per heavy atom. The van der Waals surface area contributed by atoms with Gasteiger partial charge in [-0.1, -0.05) is 6.07 Å². The molecule has 0 bridgehead atoms. The summed E-state index contributed by atoms with van der Waals surface area (Å²) in [6.07, 6.45) is 9.63. The quantitative estimate of drug-likeness (QED) is 0.776. The molecule has 3 rings (SSSR count). The Balaban J connectivity index is 1.37. The van der Waals surface area contributed by atoms with E-state index in [2.05, 4.69) is 28.3 Å². The molecule has 2 saturated carbocycles. The van der Waals surface area contributed by atoms with Crippen LogP contribution in [0.15, 0.2) is 24.5 Å². The first-order valence-electron chi connectivity index (χ1n) is 7.64.